The summed E-state index contributed by atoms with van der Waals surface area (Å²) in [6, 6.07) is 16.5. The minimum atomic E-state index is 0.154. The van der Waals surface area contributed by atoms with Gasteiger partial charge in [0.25, 0.3) is 0 Å². The maximum absolute atomic E-state index is 6.21. The Balaban J connectivity index is 1.23. The predicted octanol–water partition coefficient (Wildman–Crippen LogP) is 6.54. The Morgan fingerprint density at radius 2 is 0.673 bits per heavy atom. The van der Waals surface area contributed by atoms with Crippen LogP contribution in [0.25, 0.3) is 0 Å². The number of nitrogens with zero attached hydrogens (tertiary/aromatic N) is 12. The topological polar surface area (TPSA) is 174 Å². The van der Waals surface area contributed by atoms with Gasteiger partial charge in [-0.2, -0.15) is 44.9 Å². The first-order chi connectivity index (χ1) is 26.7. The van der Waals surface area contributed by atoms with Crippen LogP contribution in [0.4, 0.5) is 41.6 Å². The molecule has 3 aromatic heterocycles. The van der Waals surface area contributed by atoms with Gasteiger partial charge in [0.15, 0.2) is 0 Å². The predicted molar refractivity (Wildman–Crippen MR) is 222 cm³/mol. The summed E-state index contributed by atoms with van der Waals surface area (Å²) < 4.78 is 0. The number of hydrogen-bond donors (Lipinski definition) is 4. The normalized spacial score (nSPS) is 10.9. The average Bonchev–Trinajstić information content (AvgIpc) is 3.19. The van der Waals surface area contributed by atoms with Crippen LogP contribution < -0.4 is 36.0 Å². The number of halogens is 2. The van der Waals surface area contributed by atoms with Crippen LogP contribution in [0.3, 0.4) is 0 Å². The summed E-state index contributed by atoms with van der Waals surface area (Å²) in [5, 5.41) is 13.7. The Kier molecular flexibility index (Phi) is 15.1. The van der Waals surface area contributed by atoms with E-state index in [4.69, 9.17) is 38.2 Å². The van der Waals surface area contributed by atoms with Crippen LogP contribution in [0.1, 0.15) is 63.8 Å². The molecule has 0 saturated heterocycles. The van der Waals surface area contributed by atoms with Gasteiger partial charge in [-0.25, -0.2) is 0 Å². The summed E-state index contributed by atoms with van der Waals surface area (Å²) >= 11 is 12.4. The quantitative estimate of drug-likeness (QED) is 0.0631. The van der Waals surface area contributed by atoms with Crippen molar-refractivity contribution >= 4 is 64.8 Å². The number of rotatable bonds is 21. The van der Waals surface area contributed by atoms with Gasteiger partial charge in [-0.05, 0) is 87.0 Å². The molecular weight excluding hydrogens is 739 g/mol. The second kappa shape index (κ2) is 20.4. The fourth-order valence-electron chi connectivity index (χ4n) is 5.73. The standard InChI is InChI=1S/C37H50Cl2N16/c1-7-53(8-2)35-46-29(38)44-31(49-35)40-21-25-15-13-17-27(19-25)23-42-33-48-34(52-37(51-33)55(11-5)12-6)43-24-28-18-14-16-26(20-28)22-41-32-45-30(39)47-36(50-32)54(9-3)10-4/h13-20H,7-12,21-24H2,1-6H3,(H,40,44,46,49)(H,41,45,47,50)(H2,42,43,48,51,52). The first kappa shape index (κ1) is 40.8. The number of hydrogen-bond acceptors (Lipinski definition) is 16. The molecule has 5 aromatic rings. The van der Waals surface area contributed by atoms with Gasteiger partial charge < -0.3 is 36.0 Å². The van der Waals surface area contributed by atoms with E-state index in [1.165, 1.54) is 0 Å². The van der Waals surface area contributed by atoms with Crippen molar-refractivity contribution in [3.63, 3.8) is 0 Å². The van der Waals surface area contributed by atoms with Crippen LogP contribution >= 0.6 is 23.2 Å². The summed E-state index contributed by atoms with van der Waals surface area (Å²) in [5.41, 5.74) is 4.23. The highest BCUT2D eigenvalue weighted by atomic mass is 35.5. The highest BCUT2D eigenvalue weighted by molar-refractivity contribution is 6.28. The van der Waals surface area contributed by atoms with Crippen molar-refractivity contribution in [3.8, 4) is 0 Å². The van der Waals surface area contributed by atoms with Gasteiger partial charge in [0, 0.05) is 65.4 Å². The van der Waals surface area contributed by atoms with E-state index >= 15 is 0 Å². The number of nitrogens with one attached hydrogen (secondary N) is 4. The van der Waals surface area contributed by atoms with E-state index in [1.807, 2.05) is 61.8 Å². The van der Waals surface area contributed by atoms with Crippen molar-refractivity contribution in [2.24, 2.45) is 0 Å². The summed E-state index contributed by atoms with van der Waals surface area (Å²) in [6.45, 7) is 19.0. The summed E-state index contributed by atoms with van der Waals surface area (Å²) in [6.07, 6.45) is 0. The molecular formula is C37H50Cl2N16. The molecule has 0 bridgehead atoms. The lowest BCUT2D eigenvalue weighted by Crippen LogP contribution is -2.25. The third kappa shape index (κ3) is 11.8. The van der Waals surface area contributed by atoms with Crippen LogP contribution in [0.5, 0.6) is 0 Å². The van der Waals surface area contributed by atoms with Crippen LogP contribution in [0.2, 0.25) is 10.6 Å². The molecule has 0 aliphatic heterocycles. The maximum atomic E-state index is 6.21. The second-order valence-corrected chi connectivity index (χ2v) is 13.0. The second-order valence-electron chi connectivity index (χ2n) is 12.3. The first-order valence-corrected chi connectivity index (χ1v) is 19.4. The molecule has 5 rings (SSSR count). The molecule has 0 fully saturated rings. The van der Waals surface area contributed by atoms with E-state index in [2.05, 4.69) is 94.2 Å². The van der Waals surface area contributed by atoms with Crippen LogP contribution in [0, 0.1) is 0 Å². The Labute approximate surface area is 333 Å². The van der Waals surface area contributed by atoms with Crippen molar-refractivity contribution in [1.29, 1.82) is 0 Å². The van der Waals surface area contributed by atoms with E-state index < -0.39 is 0 Å². The van der Waals surface area contributed by atoms with Gasteiger partial charge in [-0.3, -0.25) is 0 Å². The average molecular weight is 790 g/mol. The van der Waals surface area contributed by atoms with Crippen molar-refractivity contribution in [2.75, 3.05) is 75.2 Å². The lowest BCUT2D eigenvalue weighted by Gasteiger charge is -2.20. The lowest BCUT2D eigenvalue weighted by atomic mass is 10.1. The van der Waals surface area contributed by atoms with E-state index in [1.54, 1.807) is 0 Å². The van der Waals surface area contributed by atoms with Gasteiger partial charge in [-0.1, -0.05) is 48.5 Å². The fourth-order valence-corrected chi connectivity index (χ4v) is 6.04. The Bertz CT molecular complexity index is 1840. The molecule has 0 radical (unpaired) electrons. The Hall–Kier alpha value is -5.35. The van der Waals surface area contributed by atoms with E-state index in [0.717, 1.165) is 61.5 Å². The van der Waals surface area contributed by atoms with Crippen molar-refractivity contribution < 1.29 is 0 Å². The van der Waals surface area contributed by atoms with E-state index in [0.29, 0.717) is 67.8 Å². The van der Waals surface area contributed by atoms with E-state index in [9.17, 15) is 0 Å². The molecule has 18 heteroatoms. The molecule has 0 atom stereocenters. The monoisotopic (exact) mass is 788 g/mol. The molecule has 0 unspecified atom stereocenters. The third-order valence-electron chi connectivity index (χ3n) is 8.74. The summed E-state index contributed by atoms with van der Waals surface area (Å²) in [5.74, 6) is 3.51. The molecule has 292 valence electrons. The molecule has 3 heterocycles. The van der Waals surface area contributed by atoms with Crippen LogP contribution in [-0.4, -0.2) is 84.1 Å². The van der Waals surface area contributed by atoms with Gasteiger partial charge in [0.05, 0.1) is 0 Å². The van der Waals surface area contributed by atoms with Gasteiger partial charge in [0.2, 0.25) is 52.2 Å². The molecule has 0 saturated carbocycles. The van der Waals surface area contributed by atoms with Crippen molar-refractivity contribution in [1.82, 2.24) is 44.9 Å². The highest BCUT2D eigenvalue weighted by Crippen LogP contribution is 2.19. The number of benzene rings is 2. The minimum Gasteiger partial charge on any atom is -0.350 e. The molecule has 16 nitrogen and oxygen atoms in total. The van der Waals surface area contributed by atoms with Gasteiger partial charge >= 0.3 is 0 Å². The number of anilines is 7. The Morgan fingerprint density at radius 1 is 0.400 bits per heavy atom. The molecule has 0 aliphatic rings. The maximum Gasteiger partial charge on any atom is 0.231 e. The SMILES string of the molecule is CCN(CC)c1nc(Cl)nc(NCc2cccc(CNc3nc(NCc4cccc(CNc5nc(Cl)nc(N(CC)CC)n5)c4)nc(N(CC)CC)n3)c2)n1. The van der Waals surface area contributed by atoms with Gasteiger partial charge in [0.1, 0.15) is 0 Å². The molecule has 55 heavy (non-hydrogen) atoms. The fraction of sp³-hybridized carbons (Fsp3) is 0.432. The zero-order chi connectivity index (χ0) is 39.2. The zero-order valence-electron chi connectivity index (χ0n) is 32.3. The van der Waals surface area contributed by atoms with Crippen LogP contribution in [0.15, 0.2) is 48.5 Å². The first-order valence-electron chi connectivity index (χ1n) is 18.7. The Morgan fingerprint density at radius 3 is 0.964 bits per heavy atom. The highest BCUT2D eigenvalue weighted by Gasteiger charge is 2.14. The third-order valence-corrected chi connectivity index (χ3v) is 9.08. The molecule has 0 spiro atoms. The van der Waals surface area contributed by atoms with Crippen molar-refractivity contribution in [3.05, 3.63) is 81.4 Å². The lowest BCUT2D eigenvalue weighted by molar-refractivity contribution is 0.810. The zero-order valence-corrected chi connectivity index (χ0v) is 33.8. The summed E-state index contributed by atoms with van der Waals surface area (Å²) in [7, 11) is 0. The molecule has 0 amide bonds. The van der Waals surface area contributed by atoms with Gasteiger partial charge in [-0.15, -0.1) is 0 Å². The molecule has 4 N–H and O–H groups in total. The van der Waals surface area contributed by atoms with E-state index in [-0.39, 0.29) is 10.6 Å². The number of aromatic nitrogens is 9. The smallest absolute Gasteiger partial charge is 0.231 e. The van der Waals surface area contributed by atoms with Crippen LogP contribution in [-0.2, 0) is 26.2 Å². The van der Waals surface area contributed by atoms with Crippen molar-refractivity contribution in [2.45, 2.75) is 67.7 Å². The largest absolute Gasteiger partial charge is 0.350 e. The summed E-state index contributed by atoms with van der Waals surface area (Å²) in [4.78, 5) is 46.6. The minimum absolute atomic E-state index is 0.154. The molecule has 0 aliphatic carbocycles. The molecule has 2 aromatic carbocycles.